The lowest BCUT2D eigenvalue weighted by Gasteiger charge is -2.19. The molecule has 5 heteroatoms. The molecule has 0 aliphatic carbocycles. The Morgan fingerprint density at radius 3 is 2.00 bits per heavy atom. The predicted molar refractivity (Wildman–Crippen MR) is 71.4 cm³/mol. The second-order valence-electron chi connectivity index (χ2n) is 4.27. The first-order valence-corrected chi connectivity index (χ1v) is 8.10. The van der Waals surface area contributed by atoms with Gasteiger partial charge in [0.25, 0.3) is 0 Å². The van der Waals surface area contributed by atoms with Crippen LogP contribution in [0.2, 0.25) is 0 Å². The number of sulfonamides is 1. The van der Waals surface area contributed by atoms with E-state index < -0.39 is 10.0 Å². The summed E-state index contributed by atoms with van der Waals surface area (Å²) in [6, 6.07) is 6.85. The van der Waals surface area contributed by atoms with E-state index >= 15 is 0 Å². The van der Waals surface area contributed by atoms with Gasteiger partial charge in [-0.05, 0) is 37.1 Å². The number of hydrogen-bond acceptors (Lipinski definition) is 2. The number of nitrogens with zero attached hydrogens (tertiary/aromatic N) is 1. The van der Waals surface area contributed by atoms with Crippen LogP contribution < -0.4 is 0 Å². The van der Waals surface area contributed by atoms with E-state index in [0.29, 0.717) is 18.0 Å². The minimum atomic E-state index is -3.29. The average molecular weight is 318 g/mol. The second-order valence-corrected chi connectivity index (χ2v) is 7.13. The molecule has 0 unspecified atom stereocenters. The molecule has 94 valence electrons. The van der Waals surface area contributed by atoms with Gasteiger partial charge in [-0.1, -0.05) is 28.8 Å². The Morgan fingerprint density at radius 1 is 0.941 bits per heavy atom. The van der Waals surface area contributed by atoms with Crippen molar-refractivity contribution in [1.29, 1.82) is 0 Å². The Labute approximate surface area is 111 Å². The van der Waals surface area contributed by atoms with E-state index in [2.05, 4.69) is 15.9 Å². The summed E-state index contributed by atoms with van der Waals surface area (Å²) in [4.78, 5) is 0.391. The van der Waals surface area contributed by atoms with E-state index in [4.69, 9.17) is 0 Å². The predicted octanol–water partition coefficient (Wildman–Crippen LogP) is 3.01. The number of benzene rings is 1. The quantitative estimate of drug-likeness (QED) is 0.840. The number of rotatable bonds is 2. The molecule has 0 aromatic heterocycles. The van der Waals surface area contributed by atoms with E-state index in [0.717, 1.165) is 30.2 Å². The van der Waals surface area contributed by atoms with Crippen LogP contribution in [0.1, 0.15) is 25.7 Å². The van der Waals surface area contributed by atoms with Crippen molar-refractivity contribution < 1.29 is 8.42 Å². The van der Waals surface area contributed by atoms with Crippen LogP contribution in [0, 0.1) is 0 Å². The molecule has 17 heavy (non-hydrogen) atoms. The average Bonchev–Trinajstić information content (AvgIpc) is 2.58. The van der Waals surface area contributed by atoms with Crippen molar-refractivity contribution in [2.75, 3.05) is 13.1 Å². The van der Waals surface area contributed by atoms with E-state index in [9.17, 15) is 8.42 Å². The van der Waals surface area contributed by atoms with Crippen molar-refractivity contribution in [3.8, 4) is 0 Å². The lowest BCUT2D eigenvalue weighted by Crippen LogP contribution is -2.31. The Bertz CT molecular complexity index is 462. The highest BCUT2D eigenvalue weighted by atomic mass is 79.9. The maximum absolute atomic E-state index is 12.4. The molecule has 0 atom stereocenters. The Balaban J connectivity index is 2.25. The zero-order valence-corrected chi connectivity index (χ0v) is 12.0. The molecule has 1 aliphatic heterocycles. The molecule has 1 heterocycles. The standard InChI is InChI=1S/C12H16BrNO2S/c13-11-5-7-12(8-6-11)17(15,16)14-9-3-1-2-4-10-14/h5-8H,1-4,9-10H2. The topological polar surface area (TPSA) is 37.4 Å². The molecule has 0 radical (unpaired) electrons. The Hall–Kier alpha value is -0.390. The van der Waals surface area contributed by atoms with E-state index in [1.54, 1.807) is 28.6 Å². The fourth-order valence-electron chi connectivity index (χ4n) is 2.04. The third kappa shape index (κ3) is 3.09. The lowest BCUT2D eigenvalue weighted by molar-refractivity contribution is 0.424. The molecular weight excluding hydrogens is 302 g/mol. The molecular formula is C12H16BrNO2S. The van der Waals surface area contributed by atoms with Gasteiger partial charge in [0.15, 0.2) is 0 Å². The molecule has 0 saturated carbocycles. The monoisotopic (exact) mass is 317 g/mol. The van der Waals surface area contributed by atoms with Crippen LogP contribution in [0.4, 0.5) is 0 Å². The van der Waals surface area contributed by atoms with Crippen LogP contribution in [0.3, 0.4) is 0 Å². The molecule has 1 saturated heterocycles. The van der Waals surface area contributed by atoms with Gasteiger partial charge in [-0.2, -0.15) is 4.31 Å². The Morgan fingerprint density at radius 2 is 1.47 bits per heavy atom. The minimum Gasteiger partial charge on any atom is -0.207 e. The summed E-state index contributed by atoms with van der Waals surface area (Å²) in [6.07, 6.45) is 4.20. The fourth-order valence-corrected chi connectivity index (χ4v) is 3.82. The first-order chi connectivity index (χ1) is 8.10. The largest absolute Gasteiger partial charge is 0.243 e. The SMILES string of the molecule is O=S(=O)(c1ccc(Br)cc1)N1CCCCCC1. The van der Waals surface area contributed by atoms with Gasteiger partial charge in [-0.25, -0.2) is 8.42 Å². The Kier molecular flexibility index (Phi) is 4.22. The summed E-state index contributed by atoms with van der Waals surface area (Å²) in [7, 11) is -3.29. The molecule has 1 fully saturated rings. The molecule has 0 bridgehead atoms. The third-order valence-corrected chi connectivity index (χ3v) is 5.46. The van der Waals surface area contributed by atoms with Gasteiger partial charge in [0.05, 0.1) is 4.90 Å². The van der Waals surface area contributed by atoms with Crippen LogP contribution >= 0.6 is 15.9 Å². The summed E-state index contributed by atoms with van der Waals surface area (Å²) in [5.41, 5.74) is 0. The fraction of sp³-hybridized carbons (Fsp3) is 0.500. The van der Waals surface area contributed by atoms with Gasteiger partial charge in [0.2, 0.25) is 10.0 Å². The van der Waals surface area contributed by atoms with Crippen molar-refractivity contribution in [3.63, 3.8) is 0 Å². The summed E-state index contributed by atoms with van der Waals surface area (Å²) < 4.78 is 27.2. The molecule has 1 aromatic carbocycles. The summed E-state index contributed by atoms with van der Waals surface area (Å²) >= 11 is 3.31. The normalized spacial score (nSPS) is 18.9. The molecule has 3 nitrogen and oxygen atoms in total. The van der Waals surface area contributed by atoms with Crippen molar-refractivity contribution in [3.05, 3.63) is 28.7 Å². The van der Waals surface area contributed by atoms with Gasteiger partial charge in [-0.15, -0.1) is 0 Å². The van der Waals surface area contributed by atoms with Crippen LogP contribution in [-0.2, 0) is 10.0 Å². The number of hydrogen-bond donors (Lipinski definition) is 0. The highest BCUT2D eigenvalue weighted by Gasteiger charge is 2.24. The zero-order chi connectivity index (χ0) is 12.3. The summed E-state index contributed by atoms with van der Waals surface area (Å²) in [6.45, 7) is 1.30. The highest BCUT2D eigenvalue weighted by molar-refractivity contribution is 9.10. The van der Waals surface area contributed by atoms with Crippen molar-refractivity contribution in [2.45, 2.75) is 30.6 Å². The molecule has 0 amide bonds. The molecule has 1 aliphatic rings. The van der Waals surface area contributed by atoms with Crippen molar-refractivity contribution in [2.24, 2.45) is 0 Å². The third-order valence-electron chi connectivity index (χ3n) is 3.02. The lowest BCUT2D eigenvalue weighted by atomic mass is 10.2. The molecule has 2 rings (SSSR count). The van der Waals surface area contributed by atoms with Gasteiger partial charge < -0.3 is 0 Å². The van der Waals surface area contributed by atoms with Gasteiger partial charge >= 0.3 is 0 Å². The minimum absolute atomic E-state index is 0.391. The van der Waals surface area contributed by atoms with Gasteiger partial charge in [-0.3, -0.25) is 0 Å². The molecule has 1 aromatic rings. The first-order valence-electron chi connectivity index (χ1n) is 5.86. The molecule has 0 N–H and O–H groups in total. The second kappa shape index (κ2) is 5.50. The van der Waals surface area contributed by atoms with Crippen LogP contribution in [0.25, 0.3) is 0 Å². The van der Waals surface area contributed by atoms with E-state index in [1.165, 1.54) is 0 Å². The van der Waals surface area contributed by atoms with E-state index in [1.807, 2.05) is 0 Å². The summed E-state index contributed by atoms with van der Waals surface area (Å²) in [5.74, 6) is 0. The zero-order valence-electron chi connectivity index (χ0n) is 9.60. The molecule has 0 spiro atoms. The van der Waals surface area contributed by atoms with Crippen LogP contribution in [0.15, 0.2) is 33.6 Å². The smallest absolute Gasteiger partial charge is 0.207 e. The van der Waals surface area contributed by atoms with Crippen LogP contribution in [0.5, 0.6) is 0 Å². The summed E-state index contributed by atoms with van der Waals surface area (Å²) in [5, 5.41) is 0. The van der Waals surface area contributed by atoms with E-state index in [-0.39, 0.29) is 0 Å². The highest BCUT2D eigenvalue weighted by Crippen LogP contribution is 2.21. The number of halogens is 1. The maximum atomic E-state index is 12.4. The first kappa shape index (κ1) is 13.1. The van der Waals surface area contributed by atoms with Crippen LogP contribution in [-0.4, -0.2) is 25.8 Å². The van der Waals surface area contributed by atoms with Gasteiger partial charge in [0, 0.05) is 17.6 Å². The van der Waals surface area contributed by atoms with Crippen molar-refractivity contribution >= 4 is 26.0 Å². The van der Waals surface area contributed by atoms with Gasteiger partial charge in [0.1, 0.15) is 0 Å². The van der Waals surface area contributed by atoms with Crippen molar-refractivity contribution in [1.82, 2.24) is 4.31 Å². The maximum Gasteiger partial charge on any atom is 0.243 e.